The van der Waals surface area contributed by atoms with Gasteiger partial charge in [0.05, 0.1) is 31.1 Å². The SMILES string of the molecule is COCCOCc1ccc(-c2ccnc(N(C(=O)C3(F)CCNCC3)C3(C)CN4CCC3CC4)n2)cc1. The Labute approximate surface area is 218 Å². The van der Waals surface area contributed by atoms with Gasteiger partial charge in [0.2, 0.25) is 5.95 Å². The summed E-state index contributed by atoms with van der Waals surface area (Å²) in [6.45, 7) is 7.44. The molecule has 0 saturated carbocycles. The zero-order chi connectivity index (χ0) is 25.9. The van der Waals surface area contributed by atoms with Crippen LogP contribution < -0.4 is 10.2 Å². The van der Waals surface area contributed by atoms with Gasteiger partial charge in [-0.25, -0.2) is 14.4 Å². The molecule has 4 aliphatic rings. The third kappa shape index (κ3) is 5.41. The Hall–Kier alpha value is -2.46. The number of alkyl halides is 1. The van der Waals surface area contributed by atoms with Crippen molar-refractivity contribution in [1.82, 2.24) is 20.2 Å². The summed E-state index contributed by atoms with van der Waals surface area (Å²) in [7, 11) is 1.65. The molecule has 6 rings (SSSR count). The molecule has 200 valence electrons. The fraction of sp³-hybridized carbons (Fsp3) is 0.607. The molecule has 1 N–H and O–H groups in total. The number of nitrogens with zero attached hydrogens (tertiary/aromatic N) is 4. The number of methoxy groups -OCH3 is 1. The summed E-state index contributed by atoms with van der Waals surface area (Å²) in [4.78, 5) is 27.5. The van der Waals surface area contributed by atoms with E-state index in [-0.39, 0.29) is 18.8 Å². The van der Waals surface area contributed by atoms with Gasteiger partial charge in [0.1, 0.15) is 0 Å². The number of amides is 1. The summed E-state index contributed by atoms with van der Waals surface area (Å²) in [5.41, 5.74) is 0.199. The van der Waals surface area contributed by atoms with Crippen molar-refractivity contribution in [2.75, 3.05) is 57.9 Å². The van der Waals surface area contributed by atoms with Gasteiger partial charge in [0.25, 0.3) is 5.91 Å². The number of piperidine rings is 4. The standard InChI is InChI=1S/C28H38FN5O3/c1-27(20-33-15-8-23(27)9-16-33)34(25(35)28(29)10-13-30-14-11-28)26-31-12-7-24(32-26)22-5-3-21(4-6-22)19-37-18-17-36-2/h3-7,12,23,30H,8-11,13-20H2,1-2H3. The smallest absolute Gasteiger partial charge is 0.267 e. The molecule has 8 nitrogen and oxygen atoms in total. The van der Waals surface area contributed by atoms with Gasteiger partial charge >= 0.3 is 0 Å². The maximum Gasteiger partial charge on any atom is 0.267 e. The van der Waals surface area contributed by atoms with Crippen LogP contribution in [0.25, 0.3) is 11.3 Å². The van der Waals surface area contributed by atoms with E-state index in [1.165, 1.54) is 0 Å². The molecule has 4 saturated heterocycles. The molecule has 1 atom stereocenters. The fourth-order valence-electron chi connectivity index (χ4n) is 6.06. The number of hydrogen-bond donors (Lipinski definition) is 1. The molecule has 1 unspecified atom stereocenters. The largest absolute Gasteiger partial charge is 0.382 e. The van der Waals surface area contributed by atoms with Crippen LogP contribution in [-0.4, -0.2) is 85.0 Å². The number of halogens is 1. The highest BCUT2D eigenvalue weighted by atomic mass is 19.1. The van der Waals surface area contributed by atoms with Crippen LogP contribution in [0.2, 0.25) is 0 Å². The van der Waals surface area contributed by atoms with E-state index in [2.05, 4.69) is 22.1 Å². The molecule has 4 aliphatic heterocycles. The van der Waals surface area contributed by atoms with Crippen LogP contribution >= 0.6 is 0 Å². The molecule has 9 heteroatoms. The maximum atomic E-state index is 16.2. The van der Waals surface area contributed by atoms with Gasteiger partial charge < -0.3 is 19.7 Å². The van der Waals surface area contributed by atoms with E-state index < -0.39 is 17.1 Å². The number of hydrogen-bond acceptors (Lipinski definition) is 7. The Morgan fingerprint density at radius 2 is 1.89 bits per heavy atom. The van der Waals surface area contributed by atoms with Crippen molar-refractivity contribution in [3.05, 3.63) is 42.1 Å². The zero-order valence-electron chi connectivity index (χ0n) is 21.9. The number of carbonyl (C=O) groups excluding carboxylic acids is 1. The molecule has 0 aliphatic carbocycles. The van der Waals surface area contributed by atoms with Gasteiger partial charge in [0, 0.05) is 38.3 Å². The first kappa shape index (κ1) is 26.2. The molecular formula is C28H38FN5O3. The normalized spacial score (nSPS) is 26.7. The number of aromatic nitrogens is 2. The lowest BCUT2D eigenvalue weighted by Gasteiger charge is -2.56. The maximum absolute atomic E-state index is 16.2. The van der Waals surface area contributed by atoms with E-state index in [4.69, 9.17) is 14.5 Å². The first-order chi connectivity index (χ1) is 17.9. The minimum atomic E-state index is -1.91. The Balaban J connectivity index is 1.45. The number of anilines is 1. The van der Waals surface area contributed by atoms with Crippen molar-refractivity contribution in [1.29, 1.82) is 0 Å². The number of nitrogens with one attached hydrogen (secondary N) is 1. The average Bonchev–Trinajstić information content (AvgIpc) is 2.92. The first-order valence-corrected chi connectivity index (χ1v) is 13.4. The van der Waals surface area contributed by atoms with Crippen molar-refractivity contribution in [2.45, 2.75) is 50.4 Å². The van der Waals surface area contributed by atoms with Gasteiger partial charge in [-0.15, -0.1) is 0 Å². The lowest BCUT2D eigenvalue weighted by molar-refractivity contribution is -0.135. The van der Waals surface area contributed by atoms with Crippen LogP contribution in [0.1, 0.15) is 38.2 Å². The van der Waals surface area contributed by atoms with Crippen LogP contribution in [0.3, 0.4) is 0 Å². The molecule has 1 aromatic heterocycles. The number of fused-ring (bicyclic) bond motifs is 3. The van der Waals surface area contributed by atoms with Crippen molar-refractivity contribution in [2.24, 2.45) is 5.92 Å². The topological polar surface area (TPSA) is 79.8 Å². The summed E-state index contributed by atoms with van der Waals surface area (Å²) in [5, 5.41) is 3.18. The van der Waals surface area contributed by atoms with Gasteiger partial charge in [-0.1, -0.05) is 24.3 Å². The second-order valence-electron chi connectivity index (χ2n) is 10.7. The van der Waals surface area contributed by atoms with Crippen molar-refractivity contribution >= 4 is 11.9 Å². The quantitative estimate of drug-likeness (QED) is 0.518. The lowest BCUT2D eigenvalue weighted by atomic mass is 9.72. The molecule has 0 radical (unpaired) electrons. The van der Waals surface area contributed by atoms with Crippen LogP contribution in [0.4, 0.5) is 10.3 Å². The van der Waals surface area contributed by atoms with Crippen molar-refractivity contribution in [3.8, 4) is 11.3 Å². The summed E-state index contributed by atoms with van der Waals surface area (Å²) < 4.78 is 26.8. The third-order valence-electron chi connectivity index (χ3n) is 8.30. The van der Waals surface area contributed by atoms with Crippen LogP contribution in [0.15, 0.2) is 36.5 Å². The zero-order valence-corrected chi connectivity index (χ0v) is 21.9. The number of ether oxygens (including phenoxy) is 2. The minimum Gasteiger partial charge on any atom is -0.382 e. The summed E-state index contributed by atoms with van der Waals surface area (Å²) in [6.07, 6.45) is 4.00. The second-order valence-corrected chi connectivity index (χ2v) is 10.7. The summed E-state index contributed by atoms with van der Waals surface area (Å²) >= 11 is 0. The highest BCUT2D eigenvalue weighted by Crippen LogP contribution is 2.43. The van der Waals surface area contributed by atoms with E-state index >= 15 is 4.39 Å². The van der Waals surface area contributed by atoms with Gasteiger partial charge in [0.15, 0.2) is 5.67 Å². The van der Waals surface area contributed by atoms with Crippen molar-refractivity contribution < 1.29 is 18.7 Å². The van der Waals surface area contributed by atoms with Crippen molar-refractivity contribution in [3.63, 3.8) is 0 Å². The van der Waals surface area contributed by atoms with Gasteiger partial charge in [-0.05, 0) is 63.5 Å². The average molecular weight is 512 g/mol. The highest BCUT2D eigenvalue weighted by Gasteiger charge is 2.55. The number of benzene rings is 1. The van der Waals surface area contributed by atoms with Crippen LogP contribution in [-0.2, 0) is 20.9 Å². The highest BCUT2D eigenvalue weighted by molar-refractivity contribution is 5.99. The predicted octanol–water partition coefficient (Wildman–Crippen LogP) is 3.22. The Bertz CT molecular complexity index is 1070. The molecule has 4 fully saturated rings. The molecule has 37 heavy (non-hydrogen) atoms. The summed E-state index contributed by atoms with van der Waals surface area (Å²) in [5.74, 6) is 0.0867. The van der Waals surface area contributed by atoms with E-state index in [1.54, 1.807) is 18.2 Å². The molecular weight excluding hydrogens is 473 g/mol. The van der Waals surface area contributed by atoms with Crippen LogP contribution in [0, 0.1) is 5.92 Å². The molecule has 2 bridgehead atoms. The molecule has 0 spiro atoms. The molecule has 1 aromatic carbocycles. The summed E-state index contributed by atoms with van der Waals surface area (Å²) in [6, 6.07) is 9.84. The van der Waals surface area contributed by atoms with E-state index in [1.807, 2.05) is 30.3 Å². The number of carbonyl (C=O) groups is 1. The molecule has 2 aromatic rings. The molecule has 1 amide bonds. The van der Waals surface area contributed by atoms with Gasteiger partial charge in [-0.2, -0.15) is 0 Å². The van der Waals surface area contributed by atoms with E-state index in [0.29, 0.717) is 51.1 Å². The minimum absolute atomic E-state index is 0.167. The Kier molecular flexibility index (Phi) is 7.85. The predicted molar refractivity (Wildman–Crippen MR) is 140 cm³/mol. The van der Waals surface area contributed by atoms with E-state index in [9.17, 15) is 4.79 Å². The first-order valence-electron chi connectivity index (χ1n) is 13.4. The Morgan fingerprint density at radius 1 is 1.16 bits per heavy atom. The second kappa shape index (κ2) is 11.1. The number of rotatable bonds is 9. The Morgan fingerprint density at radius 3 is 2.54 bits per heavy atom. The lowest BCUT2D eigenvalue weighted by Crippen LogP contribution is -2.70. The van der Waals surface area contributed by atoms with Gasteiger partial charge in [-0.3, -0.25) is 9.69 Å². The van der Waals surface area contributed by atoms with Crippen LogP contribution in [0.5, 0.6) is 0 Å². The third-order valence-corrected chi connectivity index (χ3v) is 8.30. The van der Waals surface area contributed by atoms with E-state index in [0.717, 1.165) is 37.1 Å². The fourth-order valence-corrected chi connectivity index (χ4v) is 6.06. The molecule has 5 heterocycles. The monoisotopic (exact) mass is 511 g/mol.